The third kappa shape index (κ3) is 5.11. The van der Waals surface area contributed by atoms with Crippen molar-refractivity contribution in [1.29, 1.82) is 0 Å². The number of rotatable bonds is 6. The number of thiazole rings is 1. The molecule has 0 bridgehead atoms. The number of hydrogen-bond acceptors (Lipinski definition) is 6. The Balaban J connectivity index is 1.23. The molecule has 0 radical (unpaired) electrons. The highest BCUT2D eigenvalue weighted by atomic mass is 32.1. The molecule has 1 aromatic heterocycles. The average Bonchev–Trinajstić information content (AvgIpc) is 3.30. The van der Waals surface area contributed by atoms with Crippen LogP contribution in [-0.4, -0.2) is 59.4 Å². The van der Waals surface area contributed by atoms with Gasteiger partial charge < -0.3 is 9.64 Å². The van der Waals surface area contributed by atoms with Gasteiger partial charge in [0, 0.05) is 43.7 Å². The summed E-state index contributed by atoms with van der Waals surface area (Å²) >= 11 is 1.38. The monoisotopic (exact) mass is 421 g/mol. The summed E-state index contributed by atoms with van der Waals surface area (Å²) in [6.07, 6.45) is 0. The summed E-state index contributed by atoms with van der Waals surface area (Å²) in [7, 11) is 0. The molecule has 2 heterocycles. The molecular weight excluding hydrogens is 398 g/mol. The van der Waals surface area contributed by atoms with E-state index in [1.54, 1.807) is 10.3 Å². The SMILES string of the molecule is O=C(OCC(=O)N1CCN(Cc2ccccc2)CC1)c1csc(-c2ccccc2)n1. The van der Waals surface area contributed by atoms with Gasteiger partial charge in [0.15, 0.2) is 12.3 Å². The van der Waals surface area contributed by atoms with E-state index in [0.29, 0.717) is 13.1 Å². The van der Waals surface area contributed by atoms with Gasteiger partial charge in [-0.2, -0.15) is 0 Å². The fraction of sp³-hybridized carbons (Fsp3) is 0.261. The first-order chi connectivity index (χ1) is 14.7. The molecule has 0 spiro atoms. The van der Waals surface area contributed by atoms with Crippen molar-refractivity contribution in [3.63, 3.8) is 0 Å². The van der Waals surface area contributed by atoms with Crippen LogP contribution in [0.2, 0.25) is 0 Å². The summed E-state index contributed by atoms with van der Waals surface area (Å²) < 4.78 is 5.22. The summed E-state index contributed by atoms with van der Waals surface area (Å²) in [5.74, 6) is -0.731. The molecule has 0 aliphatic carbocycles. The second kappa shape index (κ2) is 9.65. The standard InChI is InChI=1S/C23H23N3O3S/c27-21(26-13-11-25(12-14-26)15-18-7-3-1-4-8-18)16-29-23(28)20-17-30-22(24-20)19-9-5-2-6-10-19/h1-10,17H,11-16H2. The number of aromatic nitrogens is 1. The number of nitrogens with zero attached hydrogens (tertiary/aromatic N) is 3. The second-order valence-corrected chi connectivity index (χ2v) is 7.98. The molecule has 1 aliphatic rings. The summed E-state index contributed by atoms with van der Waals surface area (Å²) in [5, 5.41) is 2.42. The molecule has 7 heteroatoms. The lowest BCUT2D eigenvalue weighted by Gasteiger charge is -2.34. The smallest absolute Gasteiger partial charge is 0.358 e. The lowest BCUT2D eigenvalue weighted by molar-refractivity contribution is -0.136. The average molecular weight is 422 g/mol. The maximum Gasteiger partial charge on any atom is 0.358 e. The third-order valence-corrected chi connectivity index (χ3v) is 5.93. The fourth-order valence-corrected chi connectivity index (χ4v) is 4.17. The maximum atomic E-state index is 12.4. The van der Waals surface area contributed by atoms with Crippen molar-refractivity contribution in [2.45, 2.75) is 6.54 Å². The molecule has 0 unspecified atom stereocenters. The minimum Gasteiger partial charge on any atom is -0.451 e. The normalized spacial score (nSPS) is 14.5. The van der Waals surface area contributed by atoms with Crippen LogP contribution in [0, 0.1) is 0 Å². The second-order valence-electron chi connectivity index (χ2n) is 7.12. The molecule has 1 fully saturated rings. The van der Waals surface area contributed by atoms with E-state index < -0.39 is 5.97 Å². The molecule has 2 aromatic carbocycles. The summed E-state index contributed by atoms with van der Waals surface area (Å²) in [4.78, 5) is 33.1. The van der Waals surface area contributed by atoms with E-state index in [1.165, 1.54) is 16.9 Å². The van der Waals surface area contributed by atoms with E-state index in [0.717, 1.165) is 30.2 Å². The van der Waals surface area contributed by atoms with E-state index >= 15 is 0 Å². The van der Waals surface area contributed by atoms with E-state index in [1.807, 2.05) is 48.5 Å². The number of benzene rings is 2. The largest absolute Gasteiger partial charge is 0.451 e. The highest BCUT2D eigenvalue weighted by Crippen LogP contribution is 2.23. The molecule has 4 rings (SSSR count). The van der Waals surface area contributed by atoms with Crippen LogP contribution < -0.4 is 0 Å². The van der Waals surface area contributed by atoms with Gasteiger partial charge in [0.05, 0.1) is 0 Å². The number of piperazine rings is 1. The van der Waals surface area contributed by atoms with Crippen molar-refractivity contribution in [2.75, 3.05) is 32.8 Å². The van der Waals surface area contributed by atoms with Crippen molar-refractivity contribution in [3.05, 3.63) is 77.3 Å². The van der Waals surface area contributed by atoms with Gasteiger partial charge in [-0.05, 0) is 5.56 Å². The molecule has 1 saturated heterocycles. The molecule has 30 heavy (non-hydrogen) atoms. The third-order valence-electron chi connectivity index (χ3n) is 5.03. The molecule has 1 aliphatic heterocycles. The number of ether oxygens (including phenoxy) is 1. The molecule has 0 N–H and O–H groups in total. The van der Waals surface area contributed by atoms with Gasteiger partial charge in [-0.1, -0.05) is 60.7 Å². The van der Waals surface area contributed by atoms with Gasteiger partial charge in [0.2, 0.25) is 0 Å². The highest BCUT2D eigenvalue weighted by molar-refractivity contribution is 7.13. The van der Waals surface area contributed by atoms with Crippen LogP contribution in [0.25, 0.3) is 10.6 Å². The van der Waals surface area contributed by atoms with Crippen LogP contribution in [0.15, 0.2) is 66.0 Å². The Morgan fingerprint density at radius 1 is 0.933 bits per heavy atom. The van der Waals surface area contributed by atoms with Gasteiger partial charge in [0.25, 0.3) is 5.91 Å². The van der Waals surface area contributed by atoms with E-state index in [2.05, 4.69) is 22.0 Å². The Hall–Kier alpha value is -3.03. The predicted octanol–water partition coefficient (Wildman–Crippen LogP) is 3.31. The quantitative estimate of drug-likeness (QED) is 0.572. The first-order valence-corrected chi connectivity index (χ1v) is 10.8. The Kier molecular flexibility index (Phi) is 6.51. The van der Waals surface area contributed by atoms with Gasteiger partial charge in [0.1, 0.15) is 5.01 Å². The van der Waals surface area contributed by atoms with Crippen LogP contribution in [0.5, 0.6) is 0 Å². The van der Waals surface area contributed by atoms with Crippen LogP contribution in [-0.2, 0) is 16.1 Å². The van der Waals surface area contributed by atoms with Gasteiger partial charge in [-0.3, -0.25) is 9.69 Å². The minimum atomic E-state index is -0.565. The number of esters is 1. The van der Waals surface area contributed by atoms with E-state index in [9.17, 15) is 9.59 Å². The first-order valence-electron chi connectivity index (χ1n) is 9.91. The first kappa shape index (κ1) is 20.3. The molecule has 6 nitrogen and oxygen atoms in total. The highest BCUT2D eigenvalue weighted by Gasteiger charge is 2.23. The minimum absolute atomic E-state index is 0.166. The zero-order valence-corrected chi connectivity index (χ0v) is 17.4. The maximum absolute atomic E-state index is 12.4. The molecule has 1 amide bonds. The molecule has 3 aromatic rings. The number of hydrogen-bond donors (Lipinski definition) is 0. The van der Waals surface area contributed by atoms with Crippen LogP contribution in [0.3, 0.4) is 0 Å². The predicted molar refractivity (Wildman–Crippen MR) is 116 cm³/mol. The van der Waals surface area contributed by atoms with Crippen molar-refractivity contribution in [2.24, 2.45) is 0 Å². The van der Waals surface area contributed by atoms with Crippen LogP contribution >= 0.6 is 11.3 Å². The number of amides is 1. The molecule has 0 atom stereocenters. The van der Waals surface area contributed by atoms with Crippen molar-refractivity contribution in [3.8, 4) is 10.6 Å². The Labute approximate surface area is 179 Å². The van der Waals surface area contributed by atoms with Gasteiger partial charge >= 0.3 is 5.97 Å². The zero-order valence-electron chi connectivity index (χ0n) is 16.6. The summed E-state index contributed by atoms with van der Waals surface area (Å²) in [5.41, 5.74) is 2.45. The molecule has 154 valence electrons. The molecule has 0 saturated carbocycles. The van der Waals surface area contributed by atoms with Crippen molar-refractivity contribution in [1.82, 2.24) is 14.8 Å². The summed E-state index contributed by atoms with van der Waals surface area (Å²) in [6.45, 7) is 3.51. The lowest BCUT2D eigenvalue weighted by atomic mass is 10.2. The lowest BCUT2D eigenvalue weighted by Crippen LogP contribution is -2.49. The summed E-state index contributed by atoms with van der Waals surface area (Å²) in [6, 6.07) is 20.0. The zero-order chi connectivity index (χ0) is 20.8. The Morgan fingerprint density at radius 3 is 2.30 bits per heavy atom. The number of carbonyl (C=O) groups excluding carboxylic acids is 2. The number of carbonyl (C=O) groups is 2. The van der Waals surface area contributed by atoms with Crippen LogP contribution in [0.1, 0.15) is 16.1 Å². The van der Waals surface area contributed by atoms with E-state index in [4.69, 9.17) is 4.74 Å². The Morgan fingerprint density at radius 2 is 1.60 bits per heavy atom. The van der Waals surface area contributed by atoms with Crippen molar-refractivity contribution < 1.29 is 14.3 Å². The van der Waals surface area contributed by atoms with Gasteiger partial charge in [-0.15, -0.1) is 11.3 Å². The van der Waals surface area contributed by atoms with E-state index in [-0.39, 0.29) is 18.2 Å². The topological polar surface area (TPSA) is 62.7 Å². The Bertz CT molecular complexity index is 983. The van der Waals surface area contributed by atoms with Crippen molar-refractivity contribution >= 4 is 23.2 Å². The molecular formula is C23H23N3O3S. The fourth-order valence-electron chi connectivity index (χ4n) is 3.37. The van der Waals surface area contributed by atoms with Crippen LogP contribution in [0.4, 0.5) is 0 Å². The van der Waals surface area contributed by atoms with Gasteiger partial charge in [-0.25, -0.2) is 9.78 Å².